The number of carbonyl (C=O) groups is 2. The number of pyridine rings is 2. The van der Waals surface area contributed by atoms with E-state index in [1.807, 2.05) is 24.3 Å². The number of hydrogen-bond donors (Lipinski definition) is 0. The Bertz CT molecular complexity index is 1180. The molecule has 28 heavy (non-hydrogen) atoms. The molecule has 142 valence electrons. The number of aromatic nitrogens is 2. The van der Waals surface area contributed by atoms with Gasteiger partial charge in [-0.2, -0.15) is 0 Å². The molecule has 0 atom stereocenters. The molecule has 0 saturated carbocycles. The monoisotopic (exact) mass is 376 g/mol. The highest BCUT2D eigenvalue weighted by molar-refractivity contribution is 5.98. The van der Waals surface area contributed by atoms with Gasteiger partial charge >= 0.3 is 0 Å². The zero-order valence-electron chi connectivity index (χ0n) is 15.8. The van der Waals surface area contributed by atoms with Gasteiger partial charge in [0.25, 0.3) is 12.0 Å². The van der Waals surface area contributed by atoms with E-state index >= 15 is 0 Å². The van der Waals surface area contributed by atoms with Crippen LogP contribution in [0.3, 0.4) is 0 Å². The van der Waals surface area contributed by atoms with Gasteiger partial charge in [-0.1, -0.05) is 32.0 Å². The molecule has 6 heteroatoms. The minimum atomic E-state index is -0.305. The van der Waals surface area contributed by atoms with Gasteiger partial charge in [0.15, 0.2) is 5.78 Å². The quantitative estimate of drug-likeness (QED) is 0.381. The zero-order chi connectivity index (χ0) is 19.8. The van der Waals surface area contributed by atoms with Crippen molar-refractivity contribution in [3.8, 4) is 11.4 Å². The van der Waals surface area contributed by atoms with Crippen LogP contribution in [0.25, 0.3) is 22.3 Å². The molecule has 0 bridgehead atoms. The SMILES string of the molecule is CCC(=O)c1cc2n(c(=O)c1COC=O)Cc1c-2nc2ccccc2c1CC. The van der Waals surface area contributed by atoms with Crippen LogP contribution in [0.15, 0.2) is 35.1 Å². The summed E-state index contributed by atoms with van der Waals surface area (Å²) in [6.07, 6.45) is 1.07. The Morgan fingerprint density at radius 2 is 2.04 bits per heavy atom. The lowest BCUT2D eigenvalue weighted by Gasteiger charge is -2.11. The maximum absolute atomic E-state index is 13.2. The molecule has 1 aliphatic rings. The first-order valence-electron chi connectivity index (χ1n) is 9.36. The van der Waals surface area contributed by atoms with Crippen molar-refractivity contribution in [2.75, 3.05) is 0 Å². The van der Waals surface area contributed by atoms with E-state index < -0.39 is 0 Å². The molecule has 0 saturated heterocycles. The summed E-state index contributed by atoms with van der Waals surface area (Å²) < 4.78 is 6.45. The maximum Gasteiger partial charge on any atom is 0.293 e. The smallest absolute Gasteiger partial charge is 0.293 e. The third-order valence-electron chi connectivity index (χ3n) is 5.34. The largest absolute Gasteiger partial charge is 0.463 e. The number of Topliss-reactive ketones (excluding diaryl/α,β-unsaturated/α-hetero) is 1. The molecule has 0 aliphatic carbocycles. The van der Waals surface area contributed by atoms with Crippen LogP contribution in [0.5, 0.6) is 0 Å². The summed E-state index contributed by atoms with van der Waals surface area (Å²) in [7, 11) is 0. The van der Waals surface area contributed by atoms with E-state index in [0.717, 1.165) is 34.1 Å². The highest BCUT2D eigenvalue weighted by atomic mass is 16.5. The van der Waals surface area contributed by atoms with E-state index in [-0.39, 0.29) is 36.4 Å². The Labute approximate surface area is 161 Å². The second-order valence-electron chi connectivity index (χ2n) is 6.79. The van der Waals surface area contributed by atoms with Crippen LogP contribution in [0, 0.1) is 0 Å². The Morgan fingerprint density at radius 3 is 2.75 bits per heavy atom. The zero-order valence-corrected chi connectivity index (χ0v) is 15.8. The molecule has 3 heterocycles. The van der Waals surface area contributed by atoms with Crippen molar-refractivity contribution in [3.63, 3.8) is 0 Å². The molecule has 4 rings (SSSR count). The summed E-state index contributed by atoms with van der Waals surface area (Å²) in [4.78, 5) is 41.1. The third kappa shape index (κ3) is 2.64. The van der Waals surface area contributed by atoms with Crippen molar-refractivity contribution >= 4 is 23.2 Å². The first kappa shape index (κ1) is 18.1. The summed E-state index contributed by atoms with van der Waals surface area (Å²) in [5.41, 5.74) is 4.67. The normalized spacial score (nSPS) is 11.9. The predicted octanol–water partition coefficient (Wildman–Crippen LogP) is 3.25. The number of para-hydroxylation sites is 1. The second-order valence-corrected chi connectivity index (χ2v) is 6.79. The minimum absolute atomic E-state index is 0.157. The van der Waals surface area contributed by atoms with E-state index in [2.05, 4.69) is 6.92 Å². The third-order valence-corrected chi connectivity index (χ3v) is 5.34. The molecule has 3 aromatic rings. The Kier molecular flexibility index (Phi) is 4.55. The van der Waals surface area contributed by atoms with Crippen LogP contribution in [0.2, 0.25) is 0 Å². The molecule has 1 aromatic carbocycles. The average molecular weight is 376 g/mol. The van der Waals surface area contributed by atoms with Gasteiger partial charge in [0.05, 0.1) is 29.0 Å². The van der Waals surface area contributed by atoms with E-state index in [9.17, 15) is 14.4 Å². The van der Waals surface area contributed by atoms with Gasteiger partial charge in [-0.3, -0.25) is 14.4 Å². The molecule has 2 aromatic heterocycles. The Hall–Kier alpha value is -3.28. The van der Waals surface area contributed by atoms with E-state index in [0.29, 0.717) is 17.8 Å². The number of aryl methyl sites for hydroxylation is 1. The van der Waals surface area contributed by atoms with Crippen molar-refractivity contribution in [3.05, 3.63) is 62.9 Å². The van der Waals surface area contributed by atoms with Crippen molar-refractivity contribution in [1.29, 1.82) is 0 Å². The number of fused-ring (bicyclic) bond motifs is 4. The van der Waals surface area contributed by atoms with E-state index in [4.69, 9.17) is 9.72 Å². The van der Waals surface area contributed by atoms with Crippen molar-refractivity contribution < 1.29 is 14.3 Å². The standard InChI is InChI=1S/C22H20N2O4/c1-3-13-14-7-5-6-8-18(14)23-21-16(13)10-24-19(21)9-15(20(26)4-2)17(22(24)27)11-28-12-25/h5-9,12H,3-4,10-11H2,1-2H3. The Morgan fingerprint density at radius 1 is 1.25 bits per heavy atom. The van der Waals surface area contributed by atoms with Gasteiger partial charge in [0, 0.05) is 22.9 Å². The molecule has 6 nitrogen and oxygen atoms in total. The number of hydrogen-bond acceptors (Lipinski definition) is 5. The van der Waals surface area contributed by atoms with Crippen LogP contribution in [0.1, 0.15) is 47.3 Å². The summed E-state index contributed by atoms with van der Waals surface area (Å²) in [5.74, 6) is -0.157. The lowest BCUT2D eigenvalue weighted by molar-refractivity contribution is -0.129. The number of benzene rings is 1. The fourth-order valence-corrected chi connectivity index (χ4v) is 4.00. The average Bonchev–Trinajstić information content (AvgIpc) is 3.09. The fourth-order valence-electron chi connectivity index (χ4n) is 4.00. The van der Waals surface area contributed by atoms with Gasteiger partial charge < -0.3 is 9.30 Å². The fraction of sp³-hybridized carbons (Fsp3) is 0.273. The van der Waals surface area contributed by atoms with Gasteiger partial charge in [-0.15, -0.1) is 0 Å². The molecule has 1 aliphatic heterocycles. The minimum Gasteiger partial charge on any atom is -0.463 e. The molecule has 0 amide bonds. The van der Waals surface area contributed by atoms with Crippen LogP contribution < -0.4 is 5.56 Å². The molecule has 0 fully saturated rings. The van der Waals surface area contributed by atoms with Crippen molar-refractivity contribution in [2.45, 2.75) is 39.8 Å². The molecule has 0 radical (unpaired) electrons. The topological polar surface area (TPSA) is 78.3 Å². The van der Waals surface area contributed by atoms with E-state index in [1.54, 1.807) is 17.6 Å². The molecular weight excluding hydrogens is 356 g/mol. The maximum atomic E-state index is 13.2. The summed E-state index contributed by atoms with van der Waals surface area (Å²) in [6, 6.07) is 9.65. The van der Waals surface area contributed by atoms with Crippen molar-refractivity contribution in [1.82, 2.24) is 9.55 Å². The lowest BCUT2D eigenvalue weighted by Crippen LogP contribution is -2.26. The van der Waals surface area contributed by atoms with Gasteiger partial charge in [-0.25, -0.2) is 4.98 Å². The van der Waals surface area contributed by atoms with E-state index in [1.165, 1.54) is 0 Å². The summed E-state index contributed by atoms with van der Waals surface area (Å²) in [6.45, 7) is 4.31. The van der Waals surface area contributed by atoms with Crippen LogP contribution in [-0.2, 0) is 29.1 Å². The molecule has 0 spiro atoms. The van der Waals surface area contributed by atoms with Gasteiger partial charge in [0.2, 0.25) is 0 Å². The lowest BCUT2D eigenvalue weighted by atomic mass is 9.98. The number of ether oxygens (including phenoxy) is 1. The Balaban J connectivity index is 2.01. The van der Waals surface area contributed by atoms with Crippen LogP contribution >= 0.6 is 0 Å². The molecule has 0 N–H and O–H groups in total. The number of carbonyl (C=O) groups excluding carboxylic acids is 2. The molecular formula is C22H20N2O4. The highest BCUT2D eigenvalue weighted by Gasteiger charge is 2.28. The summed E-state index contributed by atoms with van der Waals surface area (Å²) >= 11 is 0. The van der Waals surface area contributed by atoms with Gasteiger partial charge in [0.1, 0.15) is 6.61 Å². The predicted molar refractivity (Wildman–Crippen MR) is 105 cm³/mol. The summed E-state index contributed by atoms with van der Waals surface area (Å²) in [5, 5.41) is 1.08. The number of ketones is 1. The number of rotatable bonds is 6. The van der Waals surface area contributed by atoms with Crippen LogP contribution in [-0.4, -0.2) is 21.8 Å². The van der Waals surface area contributed by atoms with Gasteiger partial charge in [-0.05, 0) is 24.1 Å². The van der Waals surface area contributed by atoms with Crippen molar-refractivity contribution in [2.24, 2.45) is 0 Å². The molecule has 0 unspecified atom stereocenters. The second kappa shape index (κ2) is 7.03. The van der Waals surface area contributed by atoms with Crippen LogP contribution in [0.4, 0.5) is 0 Å². The first-order chi connectivity index (χ1) is 13.6. The first-order valence-corrected chi connectivity index (χ1v) is 9.36. The number of nitrogens with zero attached hydrogens (tertiary/aromatic N) is 2. The highest BCUT2D eigenvalue weighted by Crippen LogP contribution is 2.36.